The van der Waals surface area contributed by atoms with Crippen molar-refractivity contribution >= 4 is 11.0 Å². The summed E-state index contributed by atoms with van der Waals surface area (Å²) in [5.74, 6) is 0.501. The van der Waals surface area contributed by atoms with Gasteiger partial charge in [0.05, 0.1) is 4.90 Å². The predicted molar refractivity (Wildman–Crippen MR) is 149 cm³/mol. The molecule has 1 aliphatic rings. The zero-order chi connectivity index (χ0) is 25.8. The van der Waals surface area contributed by atoms with Crippen LogP contribution in [0.2, 0.25) is 0 Å². The fraction of sp³-hybridized carbons (Fsp3) is 0.333. The van der Waals surface area contributed by atoms with Gasteiger partial charge in [0.1, 0.15) is 17.5 Å². The van der Waals surface area contributed by atoms with Gasteiger partial charge in [0.2, 0.25) is 0 Å². The molecule has 0 bridgehead atoms. The van der Waals surface area contributed by atoms with Crippen LogP contribution in [0.1, 0.15) is 60.4 Å². The minimum Gasteiger partial charge on any atom is -0.305 e. The minimum absolute atomic E-state index is 0.162. The summed E-state index contributed by atoms with van der Waals surface area (Å²) in [6.45, 7) is 7.63. The van der Waals surface area contributed by atoms with Crippen molar-refractivity contribution in [3.05, 3.63) is 105 Å². The van der Waals surface area contributed by atoms with E-state index < -0.39 is 11.0 Å². The van der Waals surface area contributed by atoms with Gasteiger partial charge < -0.3 is 9.62 Å². The van der Waals surface area contributed by atoms with Crippen molar-refractivity contribution in [2.24, 2.45) is 5.18 Å². The molecule has 3 aromatic rings. The first-order valence-electron chi connectivity index (χ1n) is 12.4. The van der Waals surface area contributed by atoms with E-state index in [1.807, 2.05) is 56.6 Å². The van der Waals surface area contributed by atoms with Crippen LogP contribution in [-0.2, 0) is 30.5 Å². The lowest BCUT2D eigenvalue weighted by Gasteiger charge is -2.28. The van der Waals surface area contributed by atoms with Crippen LogP contribution in [0.25, 0.3) is 11.1 Å². The first-order valence-corrected chi connectivity index (χ1v) is 13.6. The highest BCUT2D eigenvalue weighted by Gasteiger charge is 2.24. The van der Waals surface area contributed by atoms with Crippen molar-refractivity contribution in [1.29, 1.82) is 0 Å². The Hall–Kier alpha value is -3.09. The quantitative estimate of drug-likeness (QED) is 0.334. The minimum atomic E-state index is -1.32. The van der Waals surface area contributed by atoms with E-state index >= 15 is 0 Å². The number of nitroso groups, excluding NO2 is 1. The zero-order valence-electron chi connectivity index (χ0n) is 21.7. The number of rotatable bonds is 9. The summed E-state index contributed by atoms with van der Waals surface area (Å²) in [6.07, 6.45) is 2.91. The molecule has 0 amide bonds. The Morgan fingerprint density at radius 2 is 1.81 bits per heavy atom. The third kappa shape index (κ3) is 5.82. The van der Waals surface area contributed by atoms with E-state index in [4.69, 9.17) is 0 Å². The number of nitrogens with zero attached hydrogens (tertiary/aromatic N) is 2. The third-order valence-corrected chi connectivity index (χ3v) is 7.82. The molecule has 0 radical (unpaired) electrons. The normalized spacial score (nSPS) is 16.0. The van der Waals surface area contributed by atoms with E-state index in [1.54, 1.807) is 0 Å². The Morgan fingerprint density at radius 1 is 1.08 bits per heavy atom. The first-order chi connectivity index (χ1) is 17.3. The van der Waals surface area contributed by atoms with E-state index in [2.05, 4.69) is 59.8 Å². The topological polar surface area (TPSA) is 61.8 Å². The average Bonchev–Trinajstić information content (AvgIpc) is 2.84. The highest BCUT2D eigenvalue weighted by molar-refractivity contribution is 7.83. The summed E-state index contributed by atoms with van der Waals surface area (Å²) >= 11 is 0. The molecule has 2 unspecified atom stereocenters. The molecule has 6 heteroatoms. The Kier molecular flexibility index (Phi) is 8.17. The predicted octanol–water partition coefficient (Wildman–Crippen LogP) is 6.66. The fourth-order valence-electron chi connectivity index (χ4n) is 4.98. The van der Waals surface area contributed by atoms with E-state index in [0.29, 0.717) is 5.92 Å². The lowest BCUT2D eigenvalue weighted by atomic mass is 9.79. The first kappa shape index (κ1) is 26.0. The van der Waals surface area contributed by atoms with Gasteiger partial charge in [-0.3, -0.25) is 0 Å². The standard InChI is InChI=1S/C30H35N3O2S/c1-20(2)28-15-24(27-9-7-6-8-23(27)18-31-34)16-29-21(3)14-25(17-30(28)29)32-36(35)26-12-10-22(11-13-26)19-33(4)5/h6-16,20-21,32H,17-19H2,1-5H3. The molecule has 0 aliphatic heterocycles. The van der Waals surface area contributed by atoms with Crippen molar-refractivity contribution in [3.63, 3.8) is 0 Å². The molecule has 4 rings (SSSR count). The van der Waals surface area contributed by atoms with Crippen molar-refractivity contribution in [1.82, 2.24) is 9.62 Å². The lowest BCUT2D eigenvalue weighted by molar-refractivity contribution is 0.402. The van der Waals surface area contributed by atoms with Gasteiger partial charge in [0.15, 0.2) is 0 Å². The van der Waals surface area contributed by atoms with Crippen LogP contribution in [-0.4, -0.2) is 23.2 Å². The van der Waals surface area contributed by atoms with Gasteiger partial charge in [-0.05, 0) is 71.1 Å². The summed E-state index contributed by atoms with van der Waals surface area (Å²) < 4.78 is 16.4. The van der Waals surface area contributed by atoms with Crippen LogP contribution in [0.3, 0.4) is 0 Å². The molecule has 5 nitrogen and oxygen atoms in total. The molecular weight excluding hydrogens is 466 g/mol. The summed E-state index contributed by atoms with van der Waals surface area (Å²) in [4.78, 5) is 13.9. The van der Waals surface area contributed by atoms with Crippen LogP contribution in [0.15, 0.2) is 82.5 Å². The fourth-order valence-corrected chi connectivity index (χ4v) is 5.86. The maximum Gasteiger partial charge on any atom is 0.150 e. The van der Waals surface area contributed by atoms with Crippen LogP contribution < -0.4 is 4.72 Å². The molecule has 0 heterocycles. The Labute approximate surface area is 217 Å². The van der Waals surface area contributed by atoms with Crippen LogP contribution in [0.4, 0.5) is 0 Å². The number of hydrogen-bond donors (Lipinski definition) is 1. The smallest absolute Gasteiger partial charge is 0.150 e. The molecular formula is C30H35N3O2S. The number of hydrogen-bond acceptors (Lipinski definition) is 4. The maximum atomic E-state index is 13.1. The van der Waals surface area contributed by atoms with Gasteiger partial charge in [-0.15, -0.1) is 0 Å². The number of nitrogens with one attached hydrogen (secondary N) is 1. The van der Waals surface area contributed by atoms with Crippen molar-refractivity contribution < 1.29 is 4.21 Å². The molecule has 2 atom stereocenters. The summed E-state index contributed by atoms with van der Waals surface area (Å²) in [6, 6.07) is 20.5. The maximum absolute atomic E-state index is 13.1. The molecule has 1 aliphatic carbocycles. The highest BCUT2D eigenvalue weighted by Crippen LogP contribution is 2.39. The van der Waals surface area contributed by atoms with Crippen molar-refractivity contribution in [3.8, 4) is 11.1 Å². The largest absolute Gasteiger partial charge is 0.305 e. The molecule has 0 saturated heterocycles. The highest BCUT2D eigenvalue weighted by atomic mass is 32.2. The number of fused-ring (bicyclic) bond motifs is 1. The summed E-state index contributed by atoms with van der Waals surface area (Å²) in [5, 5.41) is 3.13. The van der Waals surface area contributed by atoms with E-state index in [1.165, 1.54) is 22.3 Å². The van der Waals surface area contributed by atoms with E-state index in [0.717, 1.165) is 40.2 Å². The molecule has 0 spiro atoms. The second-order valence-electron chi connectivity index (χ2n) is 10.1. The number of benzene rings is 3. The lowest BCUT2D eigenvalue weighted by Crippen LogP contribution is -2.23. The van der Waals surface area contributed by atoms with Crippen LogP contribution in [0.5, 0.6) is 0 Å². The summed E-state index contributed by atoms with van der Waals surface area (Å²) in [7, 11) is 2.76. The Bertz CT molecular complexity index is 1300. The molecule has 188 valence electrons. The van der Waals surface area contributed by atoms with Gasteiger partial charge in [-0.25, -0.2) is 4.21 Å². The summed E-state index contributed by atoms with van der Waals surface area (Å²) in [5.41, 5.74) is 9.18. The molecule has 3 aromatic carbocycles. The van der Waals surface area contributed by atoms with Gasteiger partial charge >= 0.3 is 0 Å². The van der Waals surface area contributed by atoms with Gasteiger partial charge in [-0.1, -0.05) is 80.6 Å². The number of allylic oxidation sites excluding steroid dienone is 2. The van der Waals surface area contributed by atoms with Gasteiger partial charge in [0, 0.05) is 24.6 Å². The van der Waals surface area contributed by atoms with Crippen molar-refractivity contribution in [2.75, 3.05) is 14.1 Å². The van der Waals surface area contributed by atoms with Gasteiger partial charge in [-0.2, -0.15) is 4.91 Å². The molecule has 0 fully saturated rings. The van der Waals surface area contributed by atoms with Crippen molar-refractivity contribution in [2.45, 2.75) is 57.0 Å². The van der Waals surface area contributed by atoms with E-state index in [9.17, 15) is 9.12 Å². The SMILES string of the molecule is CC(C)c1cc(-c2ccccc2CN=O)cc2c1CC(NS(=O)c1ccc(CN(C)C)cc1)=CC2C. The van der Waals surface area contributed by atoms with Crippen LogP contribution in [0, 0.1) is 4.91 Å². The molecule has 0 aromatic heterocycles. The second kappa shape index (κ2) is 11.3. The average molecular weight is 502 g/mol. The third-order valence-electron chi connectivity index (χ3n) is 6.67. The molecule has 36 heavy (non-hydrogen) atoms. The Morgan fingerprint density at radius 3 is 2.47 bits per heavy atom. The van der Waals surface area contributed by atoms with E-state index in [-0.39, 0.29) is 12.5 Å². The molecule has 1 N–H and O–H groups in total. The Balaban J connectivity index is 1.62. The molecule has 0 saturated carbocycles. The zero-order valence-corrected chi connectivity index (χ0v) is 22.6. The monoisotopic (exact) mass is 501 g/mol. The van der Waals surface area contributed by atoms with Gasteiger partial charge in [0.25, 0.3) is 0 Å². The second-order valence-corrected chi connectivity index (χ2v) is 11.4. The van der Waals surface area contributed by atoms with Crippen LogP contribution >= 0.6 is 0 Å².